The normalized spacial score (nSPS) is 17.8. The molecule has 0 bridgehead atoms. The third-order valence-corrected chi connectivity index (χ3v) is 5.08. The molecule has 142 valence electrons. The van der Waals surface area contributed by atoms with Gasteiger partial charge in [-0.2, -0.15) is 11.8 Å². The Morgan fingerprint density at radius 2 is 1.92 bits per heavy atom. The molecular weight excluding hydrogens is 324 g/mol. The minimum absolute atomic E-state index is 0.132. The number of hydrogen-bond acceptors (Lipinski definition) is 5. The first-order valence-electron chi connectivity index (χ1n) is 8.98. The Bertz CT molecular complexity index is 364. The molecule has 0 unspecified atom stereocenters. The number of amides is 1. The zero-order valence-corrected chi connectivity index (χ0v) is 17.0. The highest BCUT2D eigenvalue weighted by Gasteiger charge is 2.36. The number of carbonyl (C=O) groups is 1. The van der Waals surface area contributed by atoms with Crippen LogP contribution in [0.2, 0.25) is 0 Å². The van der Waals surface area contributed by atoms with Crippen molar-refractivity contribution in [1.82, 2.24) is 10.2 Å². The van der Waals surface area contributed by atoms with Gasteiger partial charge >= 0.3 is 6.09 Å². The van der Waals surface area contributed by atoms with Gasteiger partial charge in [0.15, 0.2) is 0 Å². The van der Waals surface area contributed by atoms with Gasteiger partial charge in [0.25, 0.3) is 0 Å². The average molecular weight is 361 g/mol. The summed E-state index contributed by atoms with van der Waals surface area (Å²) in [6.45, 7) is 9.97. The summed E-state index contributed by atoms with van der Waals surface area (Å²) in [4.78, 5) is 14.0. The summed E-state index contributed by atoms with van der Waals surface area (Å²) in [5.74, 6) is 1.23. The molecule has 1 aliphatic rings. The van der Waals surface area contributed by atoms with Crippen molar-refractivity contribution < 1.29 is 14.3 Å². The monoisotopic (exact) mass is 360 g/mol. The maximum absolute atomic E-state index is 12.2. The molecule has 1 amide bonds. The fourth-order valence-electron chi connectivity index (χ4n) is 3.02. The van der Waals surface area contributed by atoms with Crippen LogP contribution in [0, 0.1) is 5.41 Å². The van der Waals surface area contributed by atoms with E-state index < -0.39 is 5.60 Å². The lowest BCUT2D eigenvalue weighted by Gasteiger charge is -2.41. The van der Waals surface area contributed by atoms with Gasteiger partial charge in [0.2, 0.25) is 0 Å². The van der Waals surface area contributed by atoms with Crippen LogP contribution in [0.5, 0.6) is 0 Å². The predicted octanol–water partition coefficient (Wildman–Crippen LogP) is 3.38. The van der Waals surface area contributed by atoms with E-state index in [0.717, 1.165) is 45.6 Å². The van der Waals surface area contributed by atoms with Gasteiger partial charge in [-0.1, -0.05) is 0 Å². The SMILES string of the molecule is COCC1(CNCCCCSC)CCN(C(=O)OC(C)(C)C)CC1. The zero-order chi connectivity index (χ0) is 18.1. The molecular formula is C18H36N2O3S. The summed E-state index contributed by atoms with van der Waals surface area (Å²) in [5, 5.41) is 3.60. The predicted molar refractivity (Wildman–Crippen MR) is 102 cm³/mol. The summed E-state index contributed by atoms with van der Waals surface area (Å²) in [6.07, 6.45) is 6.35. The number of hydrogen-bond donors (Lipinski definition) is 1. The van der Waals surface area contributed by atoms with Crippen LogP contribution in [-0.4, -0.2) is 68.5 Å². The van der Waals surface area contributed by atoms with E-state index in [2.05, 4.69) is 11.6 Å². The Kier molecular flexibility index (Phi) is 9.45. The number of nitrogens with zero attached hydrogens (tertiary/aromatic N) is 1. The van der Waals surface area contributed by atoms with Crippen LogP contribution < -0.4 is 5.32 Å². The number of ether oxygens (including phenoxy) is 2. The molecule has 1 heterocycles. The van der Waals surface area contributed by atoms with Crippen LogP contribution in [0.25, 0.3) is 0 Å². The quantitative estimate of drug-likeness (QED) is 0.639. The van der Waals surface area contributed by atoms with Gasteiger partial charge in [0.1, 0.15) is 5.60 Å². The largest absolute Gasteiger partial charge is 0.444 e. The van der Waals surface area contributed by atoms with Gasteiger partial charge in [0.05, 0.1) is 6.61 Å². The van der Waals surface area contributed by atoms with Gasteiger partial charge in [0, 0.05) is 32.2 Å². The second-order valence-corrected chi connectivity index (χ2v) is 8.76. The van der Waals surface area contributed by atoms with Crippen molar-refractivity contribution in [2.24, 2.45) is 5.41 Å². The fourth-order valence-corrected chi connectivity index (χ4v) is 3.51. The van der Waals surface area contributed by atoms with Crippen molar-refractivity contribution in [1.29, 1.82) is 0 Å². The number of likely N-dealkylation sites (tertiary alicyclic amines) is 1. The molecule has 5 nitrogen and oxygen atoms in total. The Balaban J connectivity index is 2.40. The van der Waals surface area contributed by atoms with E-state index in [4.69, 9.17) is 9.47 Å². The minimum atomic E-state index is -0.434. The first-order valence-corrected chi connectivity index (χ1v) is 10.4. The molecule has 0 atom stereocenters. The summed E-state index contributed by atoms with van der Waals surface area (Å²) in [6, 6.07) is 0. The maximum atomic E-state index is 12.2. The zero-order valence-electron chi connectivity index (χ0n) is 16.2. The van der Waals surface area contributed by atoms with Crippen molar-refractivity contribution in [3.8, 4) is 0 Å². The Hall–Kier alpha value is -0.460. The van der Waals surface area contributed by atoms with Gasteiger partial charge in [-0.15, -0.1) is 0 Å². The van der Waals surface area contributed by atoms with Crippen LogP contribution in [-0.2, 0) is 9.47 Å². The van der Waals surface area contributed by atoms with Crippen molar-refractivity contribution in [3.63, 3.8) is 0 Å². The standard InChI is InChI=1S/C18H36N2O3S/c1-17(2,3)23-16(21)20-11-8-18(9-12-20,15-22-4)14-19-10-6-7-13-24-5/h19H,6-15H2,1-5H3. The first kappa shape index (κ1) is 21.6. The Labute approximate surface area is 152 Å². The molecule has 1 fully saturated rings. The Morgan fingerprint density at radius 1 is 1.25 bits per heavy atom. The molecule has 0 aromatic heterocycles. The molecule has 24 heavy (non-hydrogen) atoms. The van der Waals surface area contributed by atoms with Crippen molar-refractivity contribution >= 4 is 17.9 Å². The van der Waals surface area contributed by atoms with Gasteiger partial charge in [-0.05, 0) is 65.0 Å². The summed E-state index contributed by atoms with van der Waals surface area (Å²) in [7, 11) is 1.76. The van der Waals surface area contributed by atoms with E-state index in [0.29, 0.717) is 0 Å². The molecule has 1 N–H and O–H groups in total. The number of carbonyl (C=O) groups excluding carboxylic acids is 1. The molecule has 6 heteroatoms. The molecule has 0 spiro atoms. The molecule has 0 radical (unpaired) electrons. The van der Waals surface area contributed by atoms with Crippen LogP contribution in [0.1, 0.15) is 46.5 Å². The number of unbranched alkanes of at least 4 members (excludes halogenated alkanes) is 1. The van der Waals surface area contributed by atoms with Crippen LogP contribution in [0.3, 0.4) is 0 Å². The second-order valence-electron chi connectivity index (χ2n) is 7.78. The first-order chi connectivity index (χ1) is 11.3. The molecule has 0 aromatic carbocycles. The van der Waals surface area contributed by atoms with E-state index in [9.17, 15) is 4.79 Å². The summed E-state index contributed by atoms with van der Waals surface area (Å²) in [5.41, 5.74) is -0.302. The van der Waals surface area contributed by atoms with E-state index >= 15 is 0 Å². The van der Waals surface area contributed by atoms with Crippen molar-refractivity contribution in [3.05, 3.63) is 0 Å². The highest BCUT2D eigenvalue weighted by Crippen LogP contribution is 2.32. The Morgan fingerprint density at radius 3 is 2.46 bits per heavy atom. The average Bonchev–Trinajstić information content (AvgIpc) is 2.50. The molecule has 1 saturated heterocycles. The van der Waals surface area contributed by atoms with Crippen LogP contribution >= 0.6 is 11.8 Å². The van der Waals surface area contributed by atoms with E-state index in [1.165, 1.54) is 18.6 Å². The van der Waals surface area contributed by atoms with E-state index in [-0.39, 0.29) is 11.5 Å². The number of methoxy groups -OCH3 is 1. The molecule has 0 saturated carbocycles. The number of rotatable bonds is 9. The number of thioether (sulfide) groups is 1. The van der Waals surface area contributed by atoms with Crippen LogP contribution in [0.15, 0.2) is 0 Å². The van der Waals surface area contributed by atoms with E-state index in [1.807, 2.05) is 37.4 Å². The van der Waals surface area contributed by atoms with Gasteiger partial charge in [-0.3, -0.25) is 0 Å². The topological polar surface area (TPSA) is 50.8 Å². The van der Waals surface area contributed by atoms with Gasteiger partial charge < -0.3 is 19.7 Å². The lowest BCUT2D eigenvalue weighted by atomic mass is 9.79. The summed E-state index contributed by atoms with van der Waals surface area (Å²) >= 11 is 1.90. The third-order valence-electron chi connectivity index (χ3n) is 4.38. The minimum Gasteiger partial charge on any atom is -0.444 e. The highest BCUT2D eigenvalue weighted by molar-refractivity contribution is 7.98. The van der Waals surface area contributed by atoms with E-state index in [1.54, 1.807) is 7.11 Å². The lowest BCUT2D eigenvalue weighted by molar-refractivity contribution is -0.00649. The smallest absolute Gasteiger partial charge is 0.410 e. The number of nitrogens with one attached hydrogen (secondary N) is 1. The highest BCUT2D eigenvalue weighted by atomic mass is 32.2. The fraction of sp³-hybridized carbons (Fsp3) is 0.944. The van der Waals surface area contributed by atoms with Crippen molar-refractivity contribution in [2.75, 3.05) is 51.9 Å². The molecule has 1 rings (SSSR count). The van der Waals surface area contributed by atoms with Crippen LogP contribution in [0.4, 0.5) is 4.79 Å². The third kappa shape index (κ3) is 8.08. The van der Waals surface area contributed by atoms with Crippen molar-refractivity contribution in [2.45, 2.75) is 52.1 Å². The second kappa shape index (κ2) is 10.5. The lowest BCUT2D eigenvalue weighted by Crippen LogP contribution is -2.50. The number of piperidine rings is 1. The molecule has 1 aliphatic heterocycles. The summed E-state index contributed by atoms with van der Waals surface area (Å²) < 4.78 is 11.0. The van der Waals surface area contributed by atoms with Gasteiger partial charge in [-0.25, -0.2) is 4.79 Å². The molecule has 0 aromatic rings. The molecule has 0 aliphatic carbocycles. The maximum Gasteiger partial charge on any atom is 0.410 e.